The smallest absolute Gasteiger partial charge is 0.0911 e. The number of nitriles is 1. The molecule has 0 atom stereocenters. The molecule has 0 unspecified atom stereocenters. The summed E-state index contributed by atoms with van der Waals surface area (Å²) < 4.78 is 0. The molecule has 9 heavy (non-hydrogen) atoms. The van der Waals surface area contributed by atoms with Gasteiger partial charge < -0.3 is 0 Å². The molecule has 0 aromatic carbocycles. The number of hydrogen-bond acceptors (Lipinski definition) is 1. The molecule has 0 amide bonds. The average Bonchev–Trinajstić information content (AvgIpc) is 2.50. The molecule has 0 aromatic heterocycles. The normalized spacial score (nSPS) is 23.0. The van der Waals surface area contributed by atoms with Crippen molar-refractivity contribution in [2.24, 2.45) is 5.41 Å². The minimum atomic E-state index is 0.399. The van der Waals surface area contributed by atoms with Gasteiger partial charge in [0.25, 0.3) is 0 Å². The molecule has 1 aliphatic carbocycles. The van der Waals surface area contributed by atoms with Gasteiger partial charge in [0.1, 0.15) is 0 Å². The fraction of sp³-hybridized carbons (Fsp3) is 0.625. The molecule has 1 heteroatoms. The lowest BCUT2D eigenvalue weighted by molar-refractivity contribution is 0.690. The molecule has 1 rings (SSSR count). The van der Waals surface area contributed by atoms with Crippen LogP contribution in [0, 0.1) is 16.7 Å². The van der Waals surface area contributed by atoms with Crippen LogP contribution in [0.3, 0.4) is 0 Å². The number of nitrogens with zero attached hydrogens (tertiary/aromatic N) is 1. The van der Waals surface area contributed by atoms with E-state index in [4.69, 9.17) is 5.26 Å². The zero-order valence-electron chi connectivity index (χ0n) is 5.94. The average molecular weight is 121 g/mol. The van der Waals surface area contributed by atoms with Crippen molar-refractivity contribution in [3.8, 4) is 6.07 Å². The molecule has 0 aromatic rings. The summed E-state index contributed by atoms with van der Waals surface area (Å²) in [6.07, 6.45) is 4.18. The van der Waals surface area contributed by atoms with Crippen LogP contribution < -0.4 is 0 Å². The lowest BCUT2D eigenvalue weighted by Crippen LogP contribution is -1.92. The lowest BCUT2D eigenvalue weighted by atomic mass is 10.0. The minimum absolute atomic E-state index is 0.399. The van der Waals surface area contributed by atoms with E-state index in [9.17, 15) is 0 Å². The second-order valence-corrected chi connectivity index (χ2v) is 3.02. The first-order valence-corrected chi connectivity index (χ1v) is 3.26. The van der Waals surface area contributed by atoms with Crippen molar-refractivity contribution in [2.75, 3.05) is 0 Å². The summed E-state index contributed by atoms with van der Waals surface area (Å²) in [5, 5.41) is 8.30. The monoisotopic (exact) mass is 121 g/mol. The topological polar surface area (TPSA) is 23.8 Å². The standard InChI is InChI=1S/C8H11N/c1-7(3-6-9)8(2)4-5-8/h3H,4-5H2,1-2H3/b7-3+. The summed E-state index contributed by atoms with van der Waals surface area (Å²) >= 11 is 0. The predicted molar refractivity (Wildman–Crippen MR) is 36.7 cm³/mol. The Morgan fingerprint density at radius 2 is 2.22 bits per heavy atom. The van der Waals surface area contributed by atoms with E-state index in [1.165, 1.54) is 18.4 Å². The van der Waals surface area contributed by atoms with E-state index in [1.807, 2.05) is 6.92 Å². The largest absolute Gasteiger partial charge is 0.193 e. The zero-order valence-corrected chi connectivity index (χ0v) is 5.94. The van der Waals surface area contributed by atoms with Gasteiger partial charge in [-0.15, -0.1) is 0 Å². The minimum Gasteiger partial charge on any atom is -0.193 e. The van der Waals surface area contributed by atoms with Gasteiger partial charge in [-0.05, 0) is 25.2 Å². The van der Waals surface area contributed by atoms with Crippen LogP contribution in [0.25, 0.3) is 0 Å². The van der Waals surface area contributed by atoms with Gasteiger partial charge >= 0.3 is 0 Å². The van der Waals surface area contributed by atoms with Crippen LogP contribution in [0.5, 0.6) is 0 Å². The van der Waals surface area contributed by atoms with Gasteiger partial charge in [-0.2, -0.15) is 5.26 Å². The molecule has 0 radical (unpaired) electrons. The van der Waals surface area contributed by atoms with Crippen molar-refractivity contribution in [2.45, 2.75) is 26.7 Å². The van der Waals surface area contributed by atoms with Crippen LogP contribution in [-0.2, 0) is 0 Å². The van der Waals surface area contributed by atoms with Gasteiger partial charge in [-0.25, -0.2) is 0 Å². The van der Waals surface area contributed by atoms with Crippen molar-refractivity contribution in [3.63, 3.8) is 0 Å². The van der Waals surface area contributed by atoms with E-state index in [0.717, 1.165) is 0 Å². The highest BCUT2D eigenvalue weighted by atomic mass is 14.4. The molecule has 0 heterocycles. The van der Waals surface area contributed by atoms with Gasteiger partial charge in [-0.3, -0.25) is 0 Å². The van der Waals surface area contributed by atoms with E-state index in [-0.39, 0.29) is 0 Å². The Hall–Kier alpha value is -0.770. The molecule has 0 aliphatic heterocycles. The van der Waals surface area contributed by atoms with Crippen molar-refractivity contribution in [1.82, 2.24) is 0 Å². The molecule has 1 fully saturated rings. The molecule has 1 nitrogen and oxygen atoms in total. The van der Waals surface area contributed by atoms with Crippen LogP contribution in [-0.4, -0.2) is 0 Å². The molecule has 1 aliphatic rings. The number of hydrogen-bond donors (Lipinski definition) is 0. The quantitative estimate of drug-likeness (QED) is 0.488. The maximum absolute atomic E-state index is 8.30. The Morgan fingerprint density at radius 1 is 1.67 bits per heavy atom. The Balaban J connectivity index is 2.64. The van der Waals surface area contributed by atoms with E-state index in [1.54, 1.807) is 6.08 Å². The summed E-state index contributed by atoms with van der Waals surface area (Å²) in [5.41, 5.74) is 1.64. The van der Waals surface area contributed by atoms with Crippen molar-refractivity contribution < 1.29 is 0 Å². The zero-order chi connectivity index (χ0) is 6.91. The highest BCUT2D eigenvalue weighted by Gasteiger charge is 2.38. The van der Waals surface area contributed by atoms with Crippen molar-refractivity contribution in [3.05, 3.63) is 11.6 Å². The fourth-order valence-electron chi connectivity index (χ4n) is 0.853. The molecule has 1 saturated carbocycles. The van der Waals surface area contributed by atoms with Crippen LogP contribution in [0.15, 0.2) is 11.6 Å². The Kier molecular flexibility index (Phi) is 1.32. The second kappa shape index (κ2) is 1.88. The Bertz CT molecular complexity index is 179. The van der Waals surface area contributed by atoms with Gasteiger partial charge in [-0.1, -0.05) is 12.5 Å². The van der Waals surface area contributed by atoms with Gasteiger partial charge in [0.05, 0.1) is 6.07 Å². The fourth-order valence-corrected chi connectivity index (χ4v) is 0.853. The molecule has 0 spiro atoms. The maximum Gasteiger partial charge on any atom is 0.0911 e. The summed E-state index contributed by atoms with van der Waals surface area (Å²) in [7, 11) is 0. The third-order valence-corrected chi connectivity index (χ3v) is 2.23. The van der Waals surface area contributed by atoms with Crippen LogP contribution in [0.2, 0.25) is 0 Å². The third kappa shape index (κ3) is 1.13. The van der Waals surface area contributed by atoms with E-state index < -0.39 is 0 Å². The third-order valence-electron chi connectivity index (χ3n) is 2.23. The van der Waals surface area contributed by atoms with Crippen LogP contribution in [0.1, 0.15) is 26.7 Å². The molecular formula is C8H11N. The van der Waals surface area contributed by atoms with Crippen LogP contribution >= 0.6 is 0 Å². The van der Waals surface area contributed by atoms with Crippen molar-refractivity contribution in [1.29, 1.82) is 5.26 Å². The number of allylic oxidation sites excluding steroid dienone is 2. The highest BCUT2D eigenvalue weighted by Crippen LogP contribution is 2.50. The van der Waals surface area contributed by atoms with E-state index in [0.29, 0.717) is 5.41 Å². The molecule has 48 valence electrons. The first kappa shape index (κ1) is 6.35. The highest BCUT2D eigenvalue weighted by molar-refractivity contribution is 5.23. The predicted octanol–water partition coefficient (Wildman–Crippen LogP) is 2.26. The molecule has 0 N–H and O–H groups in total. The summed E-state index contributed by atoms with van der Waals surface area (Å²) in [6, 6.07) is 2.05. The lowest BCUT2D eigenvalue weighted by Gasteiger charge is -2.04. The first-order valence-electron chi connectivity index (χ1n) is 3.26. The molecule has 0 saturated heterocycles. The molecular weight excluding hydrogens is 110 g/mol. The van der Waals surface area contributed by atoms with E-state index >= 15 is 0 Å². The number of rotatable bonds is 1. The van der Waals surface area contributed by atoms with Crippen LogP contribution in [0.4, 0.5) is 0 Å². The van der Waals surface area contributed by atoms with Gasteiger partial charge in [0.15, 0.2) is 0 Å². The maximum atomic E-state index is 8.30. The molecule has 0 bridgehead atoms. The summed E-state index contributed by atoms with van der Waals surface area (Å²) in [4.78, 5) is 0. The van der Waals surface area contributed by atoms with Crippen molar-refractivity contribution >= 4 is 0 Å². The Labute approximate surface area is 56.0 Å². The summed E-state index contributed by atoms with van der Waals surface area (Å²) in [5.74, 6) is 0. The van der Waals surface area contributed by atoms with Gasteiger partial charge in [0, 0.05) is 6.08 Å². The Morgan fingerprint density at radius 3 is 2.56 bits per heavy atom. The van der Waals surface area contributed by atoms with Gasteiger partial charge in [0.2, 0.25) is 0 Å². The summed E-state index contributed by atoms with van der Waals surface area (Å²) in [6.45, 7) is 4.24. The SMILES string of the molecule is C/C(=C\C#N)C1(C)CC1. The first-order chi connectivity index (χ1) is 4.19. The van der Waals surface area contributed by atoms with E-state index in [2.05, 4.69) is 13.0 Å². The second-order valence-electron chi connectivity index (χ2n) is 3.02.